The highest BCUT2D eigenvalue weighted by atomic mass is 32.2. The summed E-state index contributed by atoms with van der Waals surface area (Å²) in [6.45, 7) is 6.84. The molecule has 9 heteroatoms. The Hall–Kier alpha value is -2.55. The molecule has 1 N–H and O–H groups in total. The van der Waals surface area contributed by atoms with Crippen molar-refractivity contribution in [2.24, 2.45) is 0 Å². The summed E-state index contributed by atoms with van der Waals surface area (Å²) in [5, 5.41) is 17.6. The maximum absolute atomic E-state index is 5.47. The van der Waals surface area contributed by atoms with Gasteiger partial charge >= 0.3 is 0 Å². The molecule has 0 aliphatic heterocycles. The van der Waals surface area contributed by atoms with Crippen molar-refractivity contribution in [3.05, 3.63) is 41.8 Å². The Balaban J connectivity index is 1.50. The summed E-state index contributed by atoms with van der Waals surface area (Å²) in [5.74, 6) is 3.70. The summed E-state index contributed by atoms with van der Waals surface area (Å²) in [7, 11) is 1.68. The number of ether oxygens (including phenoxy) is 1. The number of nitrogens with zero attached hydrogens (tertiary/aromatic N) is 5. The van der Waals surface area contributed by atoms with E-state index in [-0.39, 0.29) is 5.41 Å². The molecule has 1 aromatic carbocycles. The SMILES string of the molecule is COc1cccc(NCc2nnc(SCc3nc(C(C)(C)C)no3)n2C2CCCCC2)c1. The monoisotopic (exact) mass is 456 g/mol. The predicted octanol–water partition coefficient (Wildman–Crippen LogP) is 5.38. The Morgan fingerprint density at radius 2 is 2.00 bits per heavy atom. The van der Waals surface area contributed by atoms with Crippen LogP contribution in [-0.4, -0.2) is 32.0 Å². The molecule has 1 aliphatic carbocycles. The first-order valence-corrected chi connectivity index (χ1v) is 12.2. The minimum Gasteiger partial charge on any atom is -0.497 e. The Kier molecular flexibility index (Phi) is 7.03. The van der Waals surface area contributed by atoms with Crippen molar-refractivity contribution in [3.8, 4) is 5.75 Å². The molecular formula is C23H32N6O2S. The molecule has 0 bridgehead atoms. The van der Waals surface area contributed by atoms with Crippen molar-refractivity contribution in [2.45, 2.75) is 81.8 Å². The Morgan fingerprint density at radius 1 is 1.19 bits per heavy atom. The van der Waals surface area contributed by atoms with Crippen LogP contribution in [0.1, 0.15) is 76.5 Å². The molecule has 1 aliphatic rings. The molecule has 172 valence electrons. The zero-order chi connectivity index (χ0) is 22.6. The van der Waals surface area contributed by atoms with Gasteiger partial charge in [-0.15, -0.1) is 10.2 Å². The maximum atomic E-state index is 5.47. The standard InChI is InChI=1S/C23H32N6O2S/c1-23(2,3)21-25-20(31-28-21)15-32-22-27-26-19(29(22)17-10-6-5-7-11-17)14-24-16-9-8-12-18(13-16)30-4/h8-9,12-13,17,24H,5-7,10-11,14-15H2,1-4H3. The molecule has 0 amide bonds. The van der Waals surface area contributed by atoms with Gasteiger partial charge < -0.3 is 19.1 Å². The molecule has 0 saturated heterocycles. The van der Waals surface area contributed by atoms with E-state index in [9.17, 15) is 0 Å². The number of anilines is 1. The van der Waals surface area contributed by atoms with Crippen LogP contribution in [-0.2, 0) is 17.7 Å². The molecule has 32 heavy (non-hydrogen) atoms. The Bertz CT molecular complexity index is 1020. The molecule has 0 spiro atoms. The normalized spacial score (nSPS) is 15.1. The van der Waals surface area contributed by atoms with Crippen LogP contribution < -0.4 is 10.1 Å². The van der Waals surface area contributed by atoms with Crippen molar-refractivity contribution in [1.29, 1.82) is 0 Å². The van der Waals surface area contributed by atoms with Crippen molar-refractivity contribution in [3.63, 3.8) is 0 Å². The van der Waals surface area contributed by atoms with Gasteiger partial charge in [-0.2, -0.15) is 4.98 Å². The quantitative estimate of drug-likeness (QED) is 0.452. The highest BCUT2D eigenvalue weighted by molar-refractivity contribution is 7.98. The van der Waals surface area contributed by atoms with E-state index in [1.54, 1.807) is 18.9 Å². The third-order valence-electron chi connectivity index (χ3n) is 5.66. The minimum absolute atomic E-state index is 0.131. The topological polar surface area (TPSA) is 90.9 Å². The van der Waals surface area contributed by atoms with E-state index in [1.165, 1.54) is 19.3 Å². The van der Waals surface area contributed by atoms with Crippen LogP contribution in [0, 0.1) is 0 Å². The van der Waals surface area contributed by atoms with Gasteiger partial charge in [0.05, 0.1) is 19.4 Å². The van der Waals surface area contributed by atoms with E-state index < -0.39 is 0 Å². The summed E-state index contributed by atoms with van der Waals surface area (Å²) < 4.78 is 13.1. The van der Waals surface area contributed by atoms with Gasteiger partial charge in [0.2, 0.25) is 5.89 Å². The highest BCUT2D eigenvalue weighted by Gasteiger charge is 2.25. The molecule has 8 nitrogen and oxygen atoms in total. The highest BCUT2D eigenvalue weighted by Crippen LogP contribution is 2.34. The second-order valence-corrected chi connectivity index (χ2v) is 10.1. The van der Waals surface area contributed by atoms with Crippen molar-refractivity contribution in [2.75, 3.05) is 12.4 Å². The number of rotatable bonds is 8. The number of aromatic nitrogens is 5. The summed E-state index contributed by atoms with van der Waals surface area (Å²) in [6.07, 6.45) is 6.11. The average molecular weight is 457 g/mol. The molecule has 2 heterocycles. The molecule has 3 aromatic rings. The van der Waals surface area contributed by atoms with E-state index in [0.29, 0.717) is 24.2 Å². The molecule has 4 rings (SSSR count). The number of hydrogen-bond donors (Lipinski definition) is 1. The Labute approximate surface area is 193 Å². The van der Waals surface area contributed by atoms with Gasteiger partial charge in [0.15, 0.2) is 16.8 Å². The first-order valence-electron chi connectivity index (χ1n) is 11.2. The Morgan fingerprint density at radius 3 is 2.72 bits per heavy atom. The lowest BCUT2D eigenvalue weighted by Gasteiger charge is -2.25. The zero-order valence-electron chi connectivity index (χ0n) is 19.3. The fourth-order valence-electron chi connectivity index (χ4n) is 3.89. The number of benzene rings is 1. The van der Waals surface area contributed by atoms with Gasteiger partial charge in [0.1, 0.15) is 5.75 Å². The third-order valence-corrected chi connectivity index (χ3v) is 6.59. The second-order valence-electron chi connectivity index (χ2n) is 9.20. The van der Waals surface area contributed by atoms with Crippen LogP contribution in [0.2, 0.25) is 0 Å². The van der Waals surface area contributed by atoms with E-state index in [2.05, 4.69) is 51.0 Å². The minimum atomic E-state index is -0.131. The van der Waals surface area contributed by atoms with Crippen LogP contribution in [0.15, 0.2) is 33.9 Å². The van der Waals surface area contributed by atoms with E-state index in [4.69, 9.17) is 9.26 Å². The van der Waals surface area contributed by atoms with Crippen LogP contribution in [0.5, 0.6) is 5.75 Å². The third kappa shape index (κ3) is 5.43. The first-order chi connectivity index (χ1) is 15.4. The van der Waals surface area contributed by atoms with Gasteiger partial charge in [-0.25, -0.2) is 0 Å². The van der Waals surface area contributed by atoms with Crippen molar-refractivity contribution < 1.29 is 9.26 Å². The van der Waals surface area contributed by atoms with Crippen LogP contribution >= 0.6 is 11.8 Å². The average Bonchev–Trinajstić information content (AvgIpc) is 3.44. The number of nitrogens with one attached hydrogen (secondary N) is 1. The van der Waals surface area contributed by atoms with Gasteiger partial charge in [0, 0.05) is 23.2 Å². The molecule has 2 aromatic heterocycles. The number of methoxy groups -OCH3 is 1. The summed E-state index contributed by atoms with van der Waals surface area (Å²) in [6, 6.07) is 8.36. The lowest BCUT2D eigenvalue weighted by molar-refractivity contribution is 0.329. The fourth-order valence-corrected chi connectivity index (χ4v) is 4.75. The summed E-state index contributed by atoms with van der Waals surface area (Å²) in [4.78, 5) is 4.56. The summed E-state index contributed by atoms with van der Waals surface area (Å²) in [5.41, 5.74) is 0.866. The smallest absolute Gasteiger partial charge is 0.237 e. The largest absolute Gasteiger partial charge is 0.497 e. The lowest BCUT2D eigenvalue weighted by atomic mass is 9.95. The summed E-state index contributed by atoms with van der Waals surface area (Å²) >= 11 is 1.61. The predicted molar refractivity (Wildman–Crippen MR) is 125 cm³/mol. The van der Waals surface area contributed by atoms with E-state index in [0.717, 1.165) is 41.1 Å². The van der Waals surface area contributed by atoms with Gasteiger partial charge in [-0.3, -0.25) is 0 Å². The van der Waals surface area contributed by atoms with Crippen LogP contribution in [0.25, 0.3) is 0 Å². The second kappa shape index (κ2) is 9.94. The van der Waals surface area contributed by atoms with Crippen LogP contribution in [0.3, 0.4) is 0 Å². The molecule has 1 saturated carbocycles. The van der Waals surface area contributed by atoms with E-state index in [1.807, 2.05) is 24.3 Å². The van der Waals surface area contributed by atoms with Gasteiger partial charge in [-0.05, 0) is 25.0 Å². The molecular weight excluding hydrogens is 424 g/mol. The van der Waals surface area contributed by atoms with E-state index >= 15 is 0 Å². The fraction of sp³-hybridized carbons (Fsp3) is 0.565. The zero-order valence-corrected chi connectivity index (χ0v) is 20.1. The van der Waals surface area contributed by atoms with Crippen LogP contribution in [0.4, 0.5) is 5.69 Å². The van der Waals surface area contributed by atoms with Gasteiger partial charge in [-0.1, -0.05) is 63.0 Å². The van der Waals surface area contributed by atoms with Crippen molar-refractivity contribution >= 4 is 17.4 Å². The van der Waals surface area contributed by atoms with Crippen molar-refractivity contribution in [1.82, 2.24) is 24.9 Å². The molecule has 0 atom stereocenters. The number of hydrogen-bond acceptors (Lipinski definition) is 8. The number of thioether (sulfide) groups is 1. The molecule has 0 radical (unpaired) electrons. The lowest BCUT2D eigenvalue weighted by Crippen LogP contribution is -2.18. The molecule has 1 fully saturated rings. The first kappa shape index (κ1) is 22.6. The van der Waals surface area contributed by atoms with Gasteiger partial charge in [0.25, 0.3) is 0 Å². The molecule has 0 unspecified atom stereocenters. The maximum Gasteiger partial charge on any atom is 0.237 e.